The van der Waals surface area contributed by atoms with Gasteiger partial charge in [-0.2, -0.15) is 0 Å². The zero-order chi connectivity index (χ0) is 26.6. The van der Waals surface area contributed by atoms with E-state index in [0.717, 1.165) is 12.8 Å². The molecule has 0 aliphatic heterocycles. The molecule has 0 unspecified atom stereocenters. The van der Waals surface area contributed by atoms with E-state index in [1.165, 1.54) is 33.4 Å². The van der Waals surface area contributed by atoms with Crippen LogP contribution in [0.3, 0.4) is 0 Å². The van der Waals surface area contributed by atoms with Crippen LogP contribution in [0.15, 0.2) is 145 Å². The topological polar surface area (TPSA) is 0 Å². The Balaban J connectivity index is 0.000000206. The van der Waals surface area contributed by atoms with Gasteiger partial charge in [-0.15, -0.1) is 24.0 Å². The van der Waals surface area contributed by atoms with Gasteiger partial charge in [-0.25, -0.2) is 23.3 Å². The SMILES string of the molecule is CC1=[C-]CC(c2ccccc2)=C1.CC1=[C-]CC(c2ccccc2)=C1.[Cl-].[Cl-].[Zr+2]=[Ge]([c]1ccccc1)[c]1ccccc1. The van der Waals surface area contributed by atoms with Gasteiger partial charge in [-0.05, 0) is 11.1 Å². The zero-order valence-corrected chi connectivity index (χ0v) is 28.9. The van der Waals surface area contributed by atoms with E-state index in [0.29, 0.717) is 0 Å². The molecule has 200 valence electrons. The molecule has 0 saturated carbocycles. The van der Waals surface area contributed by atoms with Gasteiger partial charge in [-0.3, -0.25) is 12.2 Å². The van der Waals surface area contributed by atoms with Crippen molar-refractivity contribution in [2.75, 3.05) is 0 Å². The first kappa shape index (κ1) is 34.0. The van der Waals surface area contributed by atoms with Gasteiger partial charge in [0, 0.05) is 0 Å². The van der Waals surface area contributed by atoms with Crippen LogP contribution in [-0.4, -0.2) is 9.98 Å². The first-order chi connectivity index (χ1) is 18.6. The first-order valence-corrected chi connectivity index (χ1v) is 22.5. The molecule has 0 saturated heterocycles. The molecule has 0 spiro atoms. The Morgan fingerprint density at radius 3 is 1.07 bits per heavy atom. The maximum atomic E-state index is 3.29. The zero-order valence-electron chi connectivity index (χ0n) is 22.9. The van der Waals surface area contributed by atoms with Gasteiger partial charge in [0.15, 0.2) is 0 Å². The van der Waals surface area contributed by atoms with Gasteiger partial charge < -0.3 is 24.8 Å². The van der Waals surface area contributed by atoms with Gasteiger partial charge >= 0.3 is 101 Å². The van der Waals surface area contributed by atoms with Crippen molar-refractivity contribution < 1.29 is 46.4 Å². The summed E-state index contributed by atoms with van der Waals surface area (Å²) in [5.74, 6) is 0. The summed E-state index contributed by atoms with van der Waals surface area (Å²) in [7, 11) is -1.11. The van der Waals surface area contributed by atoms with Crippen molar-refractivity contribution in [3.63, 3.8) is 0 Å². The first-order valence-electron chi connectivity index (χ1n) is 13.0. The van der Waals surface area contributed by atoms with E-state index in [1.807, 2.05) is 12.1 Å². The van der Waals surface area contributed by atoms with Crippen LogP contribution in [0.1, 0.15) is 37.8 Å². The summed E-state index contributed by atoms with van der Waals surface area (Å²) in [6, 6.07) is 42.8. The minimum atomic E-state index is -1.11. The molecule has 4 heteroatoms. The van der Waals surface area contributed by atoms with Crippen molar-refractivity contribution in [3.8, 4) is 0 Å². The Bertz CT molecular complexity index is 1340. The number of rotatable bonds is 4. The van der Waals surface area contributed by atoms with Crippen molar-refractivity contribution in [1.82, 2.24) is 0 Å². The number of hydrogen-bond donors (Lipinski definition) is 0. The molecule has 4 aromatic carbocycles. The van der Waals surface area contributed by atoms with Crippen LogP contribution in [0.5, 0.6) is 0 Å². The van der Waals surface area contributed by atoms with Crippen LogP contribution >= 0.6 is 0 Å². The average molecular weight is 699 g/mol. The van der Waals surface area contributed by atoms with Crippen LogP contribution in [0.25, 0.3) is 11.1 Å². The number of halogens is 2. The molecule has 40 heavy (non-hydrogen) atoms. The molecule has 0 heterocycles. The van der Waals surface area contributed by atoms with Crippen molar-refractivity contribution >= 4 is 29.9 Å². The standard InChI is InChI=1S/C12H10Ge.2C12H11.2ClH.Zr/c1-3-7-11(8-4-1)13-12-9-5-2-6-10-12;2*1-10-7-8-12(9-10)11-5-3-2-4-6-11;;;/h1-10H;2*2-6,9H,8H2,1H3;2*1H;/q;2*-1;;;+2/p-2. The van der Waals surface area contributed by atoms with E-state index in [2.05, 4.69) is 147 Å². The van der Waals surface area contributed by atoms with Gasteiger partial charge in [0.1, 0.15) is 0 Å². The summed E-state index contributed by atoms with van der Waals surface area (Å²) >= 11 is 1.71. The van der Waals surface area contributed by atoms with Crippen LogP contribution in [0.4, 0.5) is 0 Å². The Labute approximate surface area is 268 Å². The molecule has 2 aliphatic carbocycles. The molecule has 0 fully saturated rings. The van der Waals surface area contributed by atoms with E-state index in [-0.39, 0.29) is 24.8 Å². The fourth-order valence-electron chi connectivity index (χ4n) is 4.25. The van der Waals surface area contributed by atoms with Crippen LogP contribution in [0.2, 0.25) is 0 Å². The quantitative estimate of drug-likeness (QED) is 0.226. The molecule has 2 aliphatic rings. The molecule has 0 nitrogen and oxygen atoms in total. The Kier molecular flexibility index (Phi) is 15.6. The second-order valence-electron chi connectivity index (χ2n) is 9.25. The third-order valence-electron chi connectivity index (χ3n) is 6.31. The molecule has 6 rings (SSSR count). The molecule has 0 radical (unpaired) electrons. The third-order valence-corrected chi connectivity index (χ3v) is 17.5. The minimum absolute atomic E-state index is 0. The van der Waals surface area contributed by atoms with Gasteiger partial charge in [0.2, 0.25) is 0 Å². The molecule has 0 atom stereocenters. The van der Waals surface area contributed by atoms with Gasteiger partial charge in [0.25, 0.3) is 0 Å². The van der Waals surface area contributed by atoms with Crippen molar-refractivity contribution in [3.05, 3.63) is 168 Å². The van der Waals surface area contributed by atoms with Crippen molar-refractivity contribution in [2.45, 2.75) is 26.7 Å². The average Bonchev–Trinajstić information content (AvgIpc) is 3.63. The van der Waals surface area contributed by atoms with Gasteiger partial charge in [0.05, 0.1) is 0 Å². The number of benzene rings is 4. The molecule has 0 bridgehead atoms. The number of hydrogen-bond acceptors (Lipinski definition) is 0. The third kappa shape index (κ3) is 10.7. The van der Waals surface area contributed by atoms with E-state index >= 15 is 0 Å². The second-order valence-corrected chi connectivity index (χ2v) is 19.6. The summed E-state index contributed by atoms with van der Waals surface area (Å²) in [4.78, 5) is 0. The van der Waals surface area contributed by atoms with Crippen molar-refractivity contribution in [1.29, 1.82) is 0 Å². The predicted octanol–water partition coefficient (Wildman–Crippen LogP) is 1.79. The summed E-state index contributed by atoms with van der Waals surface area (Å²) in [6.45, 7) is 4.19. The van der Waals surface area contributed by atoms with E-state index in [4.69, 9.17) is 0 Å². The maximum absolute atomic E-state index is 3.29. The normalized spacial score (nSPS) is 12.9. The number of allylic oxidation sites excluding steroid dienone is 8. The molecular formula is C36H32Cl2GeZr-2. The fraction of sp³-hybridized carbons (Fsp3) is 0.111. The fourth-order valence-corrected chi connectivity index (χ4v) is 11.4. The van der Waals surface area contributed by atoms with E-state index in [9.17, 15) is 0 Å². The second kappa shape index (κ2) is 18.3. The van der Waals surface area contributed by atoms with Crippen LogP contribution < -0.4 is 33.6 Å². The molecule has 4 aromatic rings. The van der Waals surface area contributed by atoms with Crippen molar-refractivity contribution in [2.24, 2.45) is 0 Å². The predicted molar refractivity (Wildman–Crippen MR) is 161 cm³/mol. The summed E-state index contributed by atoms with van der Waals surface area (Å²) in [6.07, 6.45) is 12.9. The Hall–Kier alpha value is -2.15. The molecule has 0 N–H and O–H groups in total. The Morgan fingerprint density at radius 1 is 0.500 bits per heavy atom. The van der Waals surface area contributed by atoms with Gasteiger partial charge in [-0.1, -0.05) is 74.5 Å². The van der Waals surface area contributed by atoms with E-state index < -0.39 is 9.98 Å². The molecule has 0 aromatic heterocycles. The Morgan fingerprint density at radius 2 is 0.800 bits per heavy atom. The molecular weight excluding hydrogens is 667 g/mol. The summed E-state index contributed by atoms with van der Waals surface area (Å²) in [5.41, 5.74) is 7.92. The van der Waals surface area contributed by atoms with E-state index in [1.54, 1.807) is 30.4 Å². The van der Waals surface area contributed by atoms with Crippen LogP contribution in [0, 0.1) is 12.2 Å². The summed E-state index contributed by atoms with van der Waals surface area (Å²) in [5, 5.41) is 0. The monoisotopic (exact) mass is 698 g/mol. The van der Waals surface area contributed by atoms with Crippen LogP contribution in [-0.2, 0) is 21.6 Å². The molecule has 0 amide bonds. The summed E-state index contributed by atoms with van der Waals surface area (Å²) < 4.78 is 3.16.